The Kier molecular flexibility index (Phi) is 4.41. The van der Waals surface area contributed by atoms with E-state index in [1.165, 1.54) is 0 Å². The molecule has 1 fully saturated rings. The SMILES string of the molecule is Cc1cncc(C2CCCN(C(=O)Cc3c(C)nc4ccccn34)C2)n1. The average Bonchev–Trinajstić information content (AvgIpc) is 2.97. The zero-order valence-corrected chi connectivity index (χ0v) is 15.2. The number of aryl methyl sites for hydroxylation is 2. The van der Waals surface area contributed by atoms with Gasteiger partial charge in [-0.05, 0) is 38.8 Å². The molecule has 0 aromatic carbocycles. The fraction of sp³-hybridized carbons (Fsp3) is 0.400. The standard InChI is InChI=1S/C20H23N5O/c1-14-11-21-12-17(22-14)16-6-5-8-24(13-16)20(26)10-18-15(2)23-19-7-3-4-9-25(18)19/h3-4,7,9,11-12,16H,5-6,8,10,13H2,1-2H3. The van der Waals surface area contributed by atoms with Crippen LogP contribution in [-0.4, -0.2) is 43.2 Å². The van der Waals surface area contributed by atoms with Gasteiger partial charge >= 0.3 is 0 Å². The topological polar surface area (TPSA) is 63.4 Å². The number of rotatable bonds is 3. The van der Waals surface area contributed by atoms with E-state index in [1.54, 1.807) is 6.20 Å². The molecule has 134 valence electrons. The first-order chi connectivity index (χ1) is 12.6. The normalized spacial score (nSPS) is 17.6. The molecule has 1 unspecified atom stereocenters. The van der Waals surface area contributed by atoms with Crippen LogP contribution in [0.4, 0.5) is 0 Å². The van der Waals surface area contributed by atoms with E-state index in [4.69, 9.17) is 0 Å². The number of amides is 1. The second-order valence-electron chi connectivity index (χ2n) is 7.01. The van der Waals surface area contributed by atoms with E-state index < -0.39 is 0 Å². The van der Waals surface area contributed by atoms with Gasteiger partial charge in [-0.1, -0.05) is 6.07 Å². The van der Waals surface area contributed by atoms with Crippen LogP contribution in [0.5, 0.6) is 0 Å². The van der Waals surface area contributed by atoms with Crippen molar-refractivity contribution < 1.29 is 4.79 Å². The van der Waals surface area contributed by atoms with E-state index in [1.807, 2.05) is 53.7 Å². The highest BCUT2D eigenvalue weighted by atomic mass is 16.2. The van der Waals surface area contributed by atoms with Gasteiger partial charge in [-0.25, -0.2) is 4.98 Å². The van der Waals surface area contributed by atoms with E-state index in [0.717, 1.165) is 47.8 Å². The Balaban J connectivity index is 1.51. The summed E-state index contributed by atoms with van der Waals surface area (Å²) in [6.07, 6.45) is 8.00. The van der Waals surface area contributed by atoms with E-state index in [-0.39, 0.29) is 11.8 Å². The molecule has 0 spiro atoms. The van der Waals surface area contributed by atoms with Crippen molar-refractivity contribution in [3.63, 3.8) is 0 Å². The largest absolute Gasteiger partial charge is 0.342 e. The lowest BCUT2D eigenvalue weighted by Gasteiger charge is -2.32. The zero-order chi connectivity index (χ0) is 18.1. The molecule has 1 amide bonds. The van der Waals surface area contributed by atoms with Crippen molar-refractivity contribution in [1.82, 2.24) is 24.3 Å². The maximum Gasteiger partial charge on any atom is 0.228 e. The van der Waals surface area contributed by atoms with E-state index >= 15 is 0 Å². The maximum atomic E-state index is 13.0. The highest BCUT2D eigenvalue weighted by molar-refractivity contribution is 5.79. The van der Waals surface area contributed by atoms with Gasteiger partial charge in [0, 0.05) is 37.6 Å². The van der Waals surface area contributed by atoms with Crippen molar-refractivity contribution in [1.29, 1.82) is 0 Å². The van der Waals surface area contributed by atoms with Gasteiger partial charge in [0.25, 0.3) is 0 Å². The molecule has 0 bridgehead atoms. The lowest BCUT2D eigenvalue weighted by atomic mass is 9.94. The Labute approximate surface area is 152 Å². The monoisotopic (exact) mass is 349 g/mol. The van der Waals surface area contributed by atoms with Gasteiger partial charge in [-0.15, -0.1) is 0 Å². The molecule has 3 aromatic heterocycles. The van der Waals surface area contributed by atoms with Crippen LogP contribution in [0.25, 0.3) is 5.65 Å². The number of nitrogens with zero attached hydrogens (tertiary/aromatic N) is 5. The van der Waals surface area contributed by atoms with E-state index in [9.17, 15) is 4.79 Å². The summed E-state index contributed by atoms with van der Waals surface area (Å²) in [4.78, 5) is 28.3. The van der Waals surface area contributed by atoms with Crippen molar-refractivity contribution in [3.05, 3.63) is 59.6 Å². The predicted octanol–water partition coefficient (Wildman–Crippen LogP) is 2.69. The quantitative estimate of drug-likeness (QED) is 0.729. The van der Waals surface area contributed by atoms with Crippen LogP contribution in [0.3, 0.4) is 0 Å². The number of piperidine rings is 1. The van der Waals surface area contributed by atoms with Gasteiger partial charge in [-0.3, -0.25) is 14.8 Å². The Morgan fingerprint density at radius 3 is 2.96 bits per heavy atom. The maximum absolute atomic E-state index is 13.0. The van der Waals surface area contributed by atoms with Gasteiger partial charge in [0.1, 0.15) is 5.65 Å². The fourth-order valence-corrected chi connectivity index (χ4v) is 3.76. The van der Waals surface area contributed by atoms with E-state index in [2.05, 4.69) is 15.0 Å². The van der Waals surface area contributed by atoms with E-state index in [0.29, 0.717) is 13.0 Å². The third-order valence-electron chi connectivity index (χ3n) is 5.11. The minimum absolute atomic E-state index is 0.157. The third kappa shape index (κ3) is 3.19. The van der Waals surface area contributed by atoms with Crippen molar-refractivity contribution in [2.45, 2.75) is 39.0 Å². The molecule has 4 rings (SSSR count). The molecule has 0 N–H and O–H groups in total. The summed E-state index contributed by atoms with van der Waals surface area (Å²) in [6.45, 7) is 5.45. The van der Waals surface area contributed by atoms with Crippen LogP contribution in [0.15, 0.2) is 36.8 Å². The van der Waals surface area contributed by atoms with Crippen LogP contribution in [-0.2, 0) is 11.2 Å². The number of pyridine rings is 1. The van der Waals surface area contributed by atoms with Gasteiger partial charge in [0.15, 0.2) is 0 Å². The smallest absolute Gasteiger partial charge is 0.228 e. The summed E-state index contributed by atoms with van der Waals surface area (Å²) >= 11 is 0. The first kappa shape index (κ1) is 16.7. The molecule has 0 aliphatic carbocycles. The van der Waals surface area contributed by atoms with Crippen molar-refractivity contribution >= 4 is 11.6 Å². The molecular formula is C20H23N5O. The lowest BCUT2D eigenvalue weighted by Crippen LogP contribution is -2.40. The predicted molar refractivity (Wildman–Crippen MR) is 99.0 cm³/mol. The molecule has 3 aromatic rings. The zero-order valence-electron chi connectivity index (χ0n) is 15.2. The number of aromatic nitrogens is 4. The molecule has 4 heterocycles. The lowest BCUT2D eigenvalue weighted by molar-refractivity contribution is -0.131. The summed E-state index contributed by atoms with van der Waals surface area (Å²) in [5.74, 6) is 0.424. The summed E-state index contributed by atoms with van der Waals surface area (Å²) in [5, 5.41) is 0. The van der Waals surface area contributed by atoms with Crippen LogP contribution in [0, 0.1) is 13.8 Å². The second-order valence-corrected chi connectivity index (χ2v) is 7.01. The highest BCUT2D eigenvalue weighted by Gasteiger charge is 2.26. The summed E-state index contributed by atoms with van der Waals surface area (Å²) < 4.78 is 2.01. The van der Waals surface area contributed by atoms with Crippen LogP contribution < -0.4 is 0 Å². The van der Waals surface area contributed by atoms with Crippen LogP contribution in [0.1, 0.15) is 41.5 Å². The molecule has 1 atom stereocenters. The Bertz CT molecular complexity index is 948. The Hall–Kier alpha value is -2.76. The number of imidazole rings is 1. The molecule has 1 aliphatic rings. The Morgan fingerprint density at radius 1 is 1.23 bits per heavy atom. The molecule has 6 nitrogen and oxygen atoms in total. The highest BCUT2D eigenvalue weighted by Crippen LogP contribution is 2.26. The van der Waals surface area contributed by atoms with Crippen molar-refractivity contribution in [2.24, 2.45) is 0 Å². The first-order valence-electron chi connectivity index (χ1n) is 9.10. The minimum Gasteiger partial charge on any atom is -0.342 e. The molecule has 0 saturated carbocycles. The molecule has 1 aliphatic heterocycles. The van der Waals surface area contributed by atoms with Gasteiger partial charge in [0.2, 0.25) is 5.91 Å². The number of carbonyl (C=O) groups excluding carboxylic acids is 1. The average molecular weight is 349 g/mol. The molecule has 6 heteroatoms. The van der Waals surface area contributed by atoms with Gasteiger partial charge in [0.05, 0.1) is 29.2 Å². The summed E-state index contributed by atoms with van der Waals surface area (Å²) in [7, 11) is 0. The number of hydrogen-bond acceptors (Lipinski definition) is 4. The molecule has 1 saturated heterocycles. The number of fused-ring (bicyclic) bond motifs is 1. The minimum atomic E-state index is 0.157. The van der Waals surface area contributed by atoms with Crippen LogP contribution in [0.2, 0.25) is 0 Å². The molecule has 0 radical (unpaired) electrons. The van der Waals surface area contributed by atoms with Crippen LogP contribution >= 0.6 is 0 Å². The third-order valence-corrected chi connectivity index (χ3v) is 5.11. The second kappa shape index (κ2) is 6.86. The Morgan fingerprint density at radius 2 is 2.12 bits per heavy atom. The number of hydrogen-bond donors (Lipinski definition) is 0. The van der Waals surface area contributed by atoms with Crippen molar-refractivity contribution in [3.8, 4) is 0 Å². The summed E-state index contributed by atoms with van der Waals surface area (Å²) in [5.41, 5.74) is 4.70. The summed E-state index contributed by atoms with van der Waals surface area (Å²) in [6, 6.07) is 5.90. The van der Waals surface area contributed by atoms with Crippen molar-refractivity contribution in [2.75, 3.05) is 13.1 Å². The number of carbonyl (C=O) groups is 1. The van der Waals surface area contributed by atoms with Gasteiger partial charge in [-0.2, -0.15) is 0 Å². The fourth-order valence-electron chi connectivity index (χ4n) is 3.76. The number of likely N-dealkylation sites (tertiary alicyclic amines) is 1. The van der Waals surface area contributed by atoms with Gasteiger partial charge < -0.3 is 9.30 Å². The molecule has 26 heavy (non-hydrogen) atoms. The first-order valence-corrected chi connectivity index (χ1v) is 9.10. The molecular weight excluding hydrogens is 326 g/mol.